The van der Waals surface area contributed by atoms with Crippen molar-refractivity contribution >= 4 is 46.5 Å². The van der Waals surface area contributed by atoms with Crippen molar-refractivity contribution in [3.05, 3.63) is 97.4 Å². The number of hydrogen-bond donors (Lipinski definition) is 1. The largest absolute Gasteiger partial charge is 0.305 e. The van der Waals surface area contributed by atoms with E-state index in [-0.39, 0.29) is 5.91 Å². The van der Waals surface area contributed by atoms with Crippen LogP contribution in [0.3, 0.4) is 0 Å². The van der Waals surface area contributed by atoms with Gasteiger partial charge in [0.25, 0.3) is 5.91 Å². The van der Waals surface area contributed by atoms with Gasteiger partial charge >= 0.3 is 0 Å². The third kappa shape index (κ3) is 5.24. The second-order valence-electron chi connectivity index (χ2n) is 7.86. The van der Waals surface area contributed by atoms with E-state index in [2.05, 4.69) is 15.5 Å². The number of rotatable bonds is 6. The molecule has 0 spiro atoms. The quantitative estimate of drug-likeness (QED) is 0.336. The molecular formula is C24H22Cl3N5O. The second kappa shape index (κ2) is 9.59. The van der Waals surface area contributed by atoms with Crippen molar-refractivity contribution in [2.75, 3.05) is 5.32 Å². The number of amides is 1. The minimum absolute atomic E-state index is 0.238. The molecule has 9 heteroatoms. The summed E-state index contributed by atoms with van der Waals surface area (Å²) in [6, 6.07) is 14.6. The van der Waals surface area contributed by atoms with Crippen molar-refractivity contribution in [3.8, 4) is 0 Å². The first-order chi connectivity index (χ1) is 15.7. The lowest BCUT2D eigenvalue weighted by Gasteiger charge is -2.08. The molecule has 0 radical (unpaired) electrons. The summed E-state index contributed by atoms with van der Waals surface area (Å²) in [4.78, 5) is 12.9. The number of aryl methyl sites for hydroxylation is 2. The predicted molar refractivity (Wildman–Crippen MR) is 133 cm³/mol. The van der Waals surface area contributed by atoms with E-state index in [0.717, 1.165) is 28.2 Å². The molecule has 0 aliphatic heterocycles. The summed E-state index contributed by atoms with van der Waals surface area (Å²) in [6.07, 6.45) is 0. The van der Waals surface area contributed by atoms with E-state index < -0.39 is 0 Å². The van der Waals surface area contributed by atoms with Gasteiger partial charge in [-0.1, -0.05) is 53.0 Å². The highest BCUT2D eigenvalue weighted by atomic mass is 35.5. The third-order valence-electron chi connectivity index (χ3n) is 5.37. The molecule has 1 N–H and O–H groups in total. The summed E-state index contributed by atoms with van der Waals surface area (Å²) in [5, 5.41) is 13.7. The van der Waals surface area contributed by atoms with Crippen molar-refractivity contribution in [2.45, 2.75) is 33.9 Å². The van der Waals surface area contributed by atoms with Crippen LogP contribution in [0.4, 0.5) is 5.82 Å². The van der Waals surface area contributed by atoms with Crippen molar-refractivity contribution in [1.29, 1.82) is 0 Å². The summed E-state index contributed by atoms with van der Waals surface area (Å²) in [5.41, 5.74) is 4.95. The summed E-state index contributed by atoms with van der Waals surface area (Å²) >= 11 is 18.5. The number of aromatic nitrogens is 4. The first kappa shape index (κ1) is 23.4. The number of nitrogens with one attached hydrogen (secondary N) is 1. The predicted octanol–water partition coefficient (Wildman–Crippen LogP) is 6.31. The zero-order valence-corrected chi connectivity index (χ0v) is 20.6. The molecule has 2 heterocycles. The van der Waals surface area contributed by atoms with Crippen molar-refractivity contribution in [2.24, 2.45) is 0 Å². The highest BCUT2D eigenvalue weighted by Crippen LogP contribution is 2.23. The van der Waals surface area contributed by atoms with Gasteiger partial charge in [0.05, 0.1) is 29.5 Å². The molecular weight excluding hydrogens is 481 g/mol. The maximum atomic E-state index is 12.9. The fourth-order valence-corrected chi connectivity index (χ4v) is 4.15. The Morgan fingerprint density at radius 1 is 0.939 bits per heavy atom. The molecule has 4 rings (SSSR count). The topological polar surface area (TPSA) is 64.7 Å². The normalized spacial score (nSPS) is 11.1. The molecule has 170 valence electrons. The Morgan fingerprint density at radius 3 is 2.42 bits per heavy atom. The van der Waals surface area contributed by atoms with Crippen LogP contribution in [0.5, 0.6) is 0 Å². The number of hydrogen-bond acceptors (Lipinski definition) is 3. The lowest BCUT2D eigenvalue weighted by Crippen LogP contribution is -2.14. The smallest absolute Gasteiger partial charge is 0.256 e. The van der Waals surface area contributed by atoms with Gasteiger partial charge in [-0.2, -0.15) is 10.2 Å². The van der Waals surface area contributed by atoms with Crippen molar-refractivity contribution in [1.82, 2.24) is 19.6 Å². The van der Waals surface area contributed by atoms with Gasteiger partial charge < -0.3 is 5.32 Å². The monoisotopic (exact) mass is 501 g/mol. The summed E-state index contributed by atoms with van der Waals surface area (Å²) in [5.74, 6) is 0.232. The first-order valence-corrected chi connectivity index (χ1v) is 11.4. The number of benzene rings is 2. The molecule has 4 aromatic rings. The highest BCUT2D eigenvalue weighted by Gasteiger charge is 2.14. The van der Waals surface area contributed by atoms with Gasteiger partial charge in [-0.3, -0.25) is 14.2 Å². The van der Waals surface area contributed by atoms with Gasteiger partial charge in [-0.05, 0) is 56.2 Å². The summed E-state index contributed by atoms with van der Waals surface area (Å²) in [7, 11) is 0. The van der Waals surface area contributed by atoms with E-state index in [0.29, 0.717) is 39.5 Å². The molecule has 0 aliphatic rings. The maximum Gasteiger partial charge on any atom is 0.256 e. The minimum atomic E-state index is -0.238. The number of halogens is 3. The summed E-state index contributed by atoms with van der Waals surface area (Å²) in [6.45, 7) is 6.72. The van der Waals surface area contributed by atoms with Crippen molar-refractivity contribution < 1.29 is 4.79 Å². The standard InChI is InChI=1S/C24H22Cl3N5O/c1-14-9-22(30-31(14)13-19-7-8-20(25)11-21(19)26)28-24(33)18-6-4-5-17(10-18)12-32-16(3)23(27)15(2)29-32/h4-11H,12-13H2,1-3H3,(H,28,30,33). The Hall–Kier alpha value is -2.80. The Bertz CT molecular complexity index is 1340. The number of anilines is 1. The van der Waals surface area contributed by atoms with Crippen LogP contribution in [0.25, 0.3) is 0 Å². The fraction of sp³-hybridized carbons (Fsp3) is 0.208. The van der Waals surface area contributed by atoms with E-state index in [9.17, 15) is 4.79 Å². The van der Waals surface area contributed by atoms with Gasteiger partial charge in [0, 0.05) is 27.4 Å². The van der Waals surface area contributed by atoms with Crippen LogP contribution in [0.2, 0.25) is 15.1 Å². The number of carbonyl (C=O) groups excluding carboxylic acids is 1. The lowest BCUT2D eigenvalue weighted by molar-refractivity contribution is 0.102. The first-order valence-electron chi connectivity index (χ1n) is 10.3. The van der Waals surface area contributed by atoms with Crippen LogP contribution in [-0.4, -0.2) is 25.5 Å². The SMILES string of the molecule is Cc1nn(Cc2cccc(C(=O)Nc3cc(C)n(Cc4ccc(Cl)cc4Cl)n3)c2)c(C)c1Cl. The van der Waals surface area contributed by atoms with E-state index in [1.165, 1.54) is 0 Å². The molecule has 2 aromatic carbocycles. The molecule has 0 fully saturated rings. The van der Waals surface area contributed by atoms with Crippen LogP contribution < -0.4 is 5.32 Å². The molecule has 6 nitrogen and oxygen atoms in total. The van der Waals surface area contributed by atoms with Crippen LogP contribution in [0.15, 0.2) is 48.5 Å². The Labute approximate surface area is 207 Å². The Morgan fingerprint density at radius 2 is 1.73 bits per heavy atom. The van der Waals surface area contributed by atoms with Gasteiger partial charge in [0.15, 0.2) is 5.82 Å². The Kier molecular flexibility index (Phi) is 6.79. The third-order valence-corrected chi connectivity index (χ3v) is 6.51. The van der Waals surface area contributed by atoms with Gasteiger partial charge in [0.1, 0.15) is 0 Å². The molecule has 0 saturated heterocycles. The van der Waals surface area contributed by atoms with Gasteiger partial charge in [-0.25, -0.2) is 0 Å². The van der Waals surface area contributed by atoms with Crippen LogP contribution in [-0.2, 0) is 13.1 Å². The van der Waals surface area contributed by atoms with Crippen LogP contribution in [0.1, 0.15) is 38.6 Å². The molecule has 2 aromatic heterocycles. The molecule has 1 amide bonds. The average Bonchev–Trinajstić information content (AvgIpc) is 3.23. The number of carbonyl (C=O) groups is 1. The lowest BCUT2D eigenvalue weighted by atomic mass is 10.1. The average molecular weight is 503 g/mol. The van der Waals surface area contributed by atoms with Crippen molar-refractivity contribution in [3.63, 3.8) is 0 Å². The molecule has 0 aliphatic carbocycles. The van der Waals surface area contributed by atoms with E-state index in [4.69, 9.17) is 34.8 Å². The molecule has 0 unspecified atom stereocenters. The molecule has 0 saturated carbocycles. The van der Waals surface area contributed by atoms with Crippen LogP contribution in [0, 0.1) is 20.8 Å². The molecule has 0 atom stereocenters. The highest BCUT2D eigenvalue weighted by molar-refractivity contribution is 6.35. The van der Waals surface area contributed by atoms with Gasteiger partial charge in [-0.15, -0.1) is 0 Å². The van der Waals surface area contributed by atoms with Crippen LogP contribution >= 0.6 is 34.8 Å². The fourth-order valence-electron chi connectivity index (χ4n) is 3.54. The summed E-state index contributed by atoms with van der Waals surface area (Å²) < 4.78 is 3.62. The van der Waals surface area contributed by atoms with E-state index in [1.807, 2.05) is 55.8 Å². The Balaban J connectivity index is 1.48. The second-order valence-corrected chi connectivity index (χ2v) is 9.08. The van der Waals surface area contributed by atoms with Gasteiger partial charge in [0.2, 0.25) is 0 Å². The molecule has 33 heavy (non-hydrogen) atoms. The molecule has 0 bridgehead atoms. The maximum absolute atomic E-state index is 12.9. The zero-order chi connectivity index (χ0) is 23.7. The minimum Gasteiger partial charge on any atom is -0.305 e. The number of nitrogens with zero attached hydrogens (tertiary/aromatic N) is 4. The van der Waals surface area contributed by atoms with E-state index >= 15 is 0 Å². The van der Waals surface area contributed by atoms with E-state index in [1.54, 1.807) is 22.9 Å². The zero-order valence-electron chi connectivity index (χ0n) is 18.4.